The topological polar surface area (TPSA) is 61.9 Å². The first kappa shape index (κ1) is 20.9. The Hall–Kier alpha value is -3.02. The molecule has 5 nitrogen and oxygen atoms in total. The summed E-state index contributed by atoms with van der Waals surface area (Å²) in [4.78, 5) is 20.2. The molecule has 5 rings (SSSR count). The molecule has 0 bridgehead atoms. The van der Waals surface area contributed by atoms with Gasteiger partial charge in [0.2, 0.25) is 0 Å². The maximum atomic E-state index is 13.4. The molecule has 1 amide bonds. The van der Waals surface area contributed by atoms with E-state index in [1.165, 1.54) is 18.6 Å². The fraction of sp³-hybridized carbons (Fsp3) is 0.423. The van der Waals surface area contributed by atoms with Crippen molar-refractivity contribution in [1.82, 2.24) is 20.1 Å². The number of amides is 1. The van der Waals surface area contributed by atoms with Crippen LogP contribution in [0.5, 0.6) is 0 Å². The lowest BCUT2D eigenvalue weighted by Crippen LogP contribution is -2.40. The number of piperidine rings is 1. The Morgan fingerprint density at radius 3 is 2.72 bits per heavy atom. The van der Waals surface area contributed by atoms with Crippen molar-refractivity contribution in [3.8, 4) is 11.1 Å². The molecule has 6 heteroatoms. The zero-order valence-corrected chi connectivity index (χ0v) is 18.5. The number of pyridine rings is 1. The van der Waals surface area contributed by atoms with Gasteiger partial charge in [-0.15, -0.1) is 0 Å². The standard InChI is InChI=1S/C26H29FN4O/c1-17-14-20(18-9-11-21(27)12-10-18)15-24(28-17)19-6-5-13-31(16-19)26(32)25-22-7-3-2-4-8-23(22)29-30-25/h9-12,14-15,19H,2-8,13,16H2,1H3,(H,29,30). The third-order valence-corrected chi connectivity index (χ3v) is 6.79. The Bertz CT molecular complexity index is 1120. The predicted octanol–water partition coefficient (Wildman–Crippen LogP) is 5.21. The van der Waals surface area contributed by atoms with Gasteiger partial charge in [-0.3, -0.25) is 14.9 Å². The van der Waals surface area contributed by atoms with Crippen LogP contribution < -0.4 is 0 Å². The first-order chi connectivity index (χ1) is 15.6. The first-order valence-electron chi connectivity index (χ1n) is 11.7. The van der Waals surface area contributed by atoms with Crippen molar-refractivity contribution < 1.29 is 9.18 Å². The molecule has 2 aliphatic rings. The summed E-state index contributed by atoms with van der Waals surface area (Å²) in [5.41, 5.74) is 6.83. The lowest BCUT2D eigenvalue weighted by molar-refractivity contribution is 0.0698. The molecule has 2 aromatic heterocycles. The molecule has 0 saturated carbocycles. The number of hydrogen-bond acceptors (Lipinski definition) is 3. The van der Waals surface area contributed by atoms with Gasteiger partial charge in [0.05, 0.1) is 0 Å². The molecule has 1 saturated heterocycles. The normalized spacial score (nSPS) is 18.8. The molecule has 3 aromatic rings. The maximum absolute atomic E-state index is 13.4. The molecule has 1 atom stereocenters. The molecule has 0 spiro atoms. The molecular weight excluding hydrogens is 403 g/mol. The predicted molar refractivity (Wildman–Crippen MR) is 122 cm³/mol. The van der Waals surface area contributed by atoms with Gasteiger partial charge >= 0.3 is 0 Å². The number of fused-ring (bicyclic) bond motifs is 1. The van der Waals surface area contributed by atoms with Crippen LogP contribution in [0, 0.1) is 12.7 Å². The summed E-state index contributed by atoms with van der Waals surface area (Å²) in [6.07, 6.45) is 7.35. The van der Waals surface area contributed by atoms with Crippen LogP contribution in [-0.4, -0.2) is 39.1 Å². The molecule has 1 N–H and O–H groups in total. The van der Waals surface area contributed by atoms with Crippen molar-refractivity contribution in [1.29, 1.82) is 0 Å². The smallest absolute Gasteiger partial charge is 0.274 e. The highest BCUT2D eigenvalue weighted by molar-refractivity contribution is 5.94. The summed E-state index contributed by atoms with van der Waals surface area (Å²) in [7, 11) is 0. The van der Waals surface area contributed by atoms with Crippen molar-refractivity contribution in [2.45, 2.75) is 57.8 Å². The Morgan fingerprint density at radius 2 is 1.88 bits per heavy atom. The molecule has 1 aliphatic heterocycles. The number of likely N-dealkylation sites (tertiary alicyclic amines) is 1. The van der Waals surface area contributed by atoms with E-state index in [-0.39, 0.29) is 17.6 Å². The molecule has 32 heavy (non-hydrogen) atoms. The van der Waals surface area contributed by atoms with Gasteiger partial charge in [0.15, 0.2) is 5.69 Å². The lowest BCUT2D eigenvalue weighted by Gasteiger charge is -2.32. The highest BCUT2D eigenvalue weighted by atomic mass is 19.1. The van der Waals surface area contributed by atoms with Crippen molar-refractivity contribution in [2.75, 3.05) is 13.1 Å². The number of nitrogens with one attached hydrogen (secondary N) is 1. The Kier molecular flexibility index (Phi) is 5.77. The molecule has 0 radical (unpaired) electrons. The van der Waals surface area contributed by atoms with E-state index in [4.69, 9.17) is 4.98 Å². The molecule has 1 aliphatic carbocycles. The number of H-pyrrole nitrogens is 1. The minimum Gasteiger partial charge on any atom is -0.337 e. The quantitative estimate of drug-likeness (QED) is 0.578. The van der Waals surface area contributed by atoms with Crippen LogP contribution >= 0.6 is 0 Å². The maximum Gasteiger partial charge on any atom is 0.274 e. The number of halogens is 1. The Labute approximate surface area is 188 Å². The van der Waals surface area contributed by atoms with Gasteiger partial charge in [-0.1, -0.05) is 18.6 Å². The van der Waals surface area contributed by atoms with Crippen LogP contribution in [0.1, 0.15) is 71.2 Å². The minimum absolute atomic E-state index is 0.0421. The van der Waals surface area contributed by atoms with E-state index in [9.17, 15) is 9.18 Å². The van der Waals surface area contributed by atoms with Gasteiger partial charge in [-0.25, -0.2) is 4.39 Å². The van der Waals surface area contributed by atoms with Crippen molar-refractivity contribution >= 4 is 5.91 Å². The van der Waals surface area contributed by atoms with E-state index in [1.54, 1.807) is 12.1 Å². The van der Waals surface area contributed by atoms with E-state index in [0.29, 0.717) is 12.2 Å². The van der Waals surface area contributed by atoms with Crippen LogP contribution in [0.15, 0.2) is 36.4 Å². The van der Waals surface area contributed by atoms with Crippen LogP contribution in [0.4, 0.5) is 4.39 Å². The number of rotatable bonds is 3. The fourth-order valence-corrected chi connectivity index (χ4v) is 5.10. The van der Waals surface area contributed by atoms with Crippen LogP contribution in [0.2, 0.25) is 0 Å². The minimum atomic E-state index is -0.238. The van der Waals surface area contributed by atoms with Crippen molar-refractivity contribution in [3.05, 3.63) is 70.6 Å². The summed E-state index contributed by atoms with van der Waals surface area (Å²) in [6.45, 7) is 3.40. The van der Waals surface area contributed by atoms with Gasteiger partial charge in [-0.05, 0) is 80.8 Å². The van der Waals surface area contributed by atoms with E-state index in [1.807, 2.05) is 17.9 Å². The summed E-state index contributed by atoms with van der Waals surface area (Å²) in [5, 5.41) is 7.55. The van der Waals surface area contributed by atoms with Gasteiger partial charge in [0.25, 0.3) is 5.91 Å². The molecule has 166 valence electrons. The van der Waals surface area contributed by atoms with Crippen molar-refractivity contribution in [2.24, 2.45) is 0 Å². The monoisotopic (exact) mass is 432 g/mol. The summed E-state index contributed by atoms with van der Waals surface area (Å²) in [6, 6.07) is 10.7. The number of aromatic nitrogens is 3. The van der Waals surface area contributed by atoms with E-state index in [2.05, 4.69) is 16.3 Å². The van der Waals surface area contributed by atoms with Crippen LogP contribution in [-0.2, 0) is 12.8 Å². The molecular formula is C26H29FN4O. The summed E-state index contributed by atoms with van der Waals surface area (Å²) in [5.74, 6) is -0.0118. The first-order valence-corrected chi connectivity index (χ1v) is 11.7. The van der Waals surface area contributed by atoms with E-state index >= 15 is 0 Å². The Morgan fingerprint density at radius 1 is 1.06 bits per heavy atom. The van der Waals surface area contributed by atoms with Gasteiger partial charge < -0.3 is 4.90 Å². The van der Waals surface area contributed by atoms with Crippen molar-refractivity contribution in [3.63, 3.8) is 0 Å². The largest absolute Gasteiger partial charge is 0.337 e. The van der Waals surface area contributed by atoms with Gasteiger partial charge in [0.1, 0.15) is 5.82 Å². The number of benzene rings is 1. The lowest BCUT2D eigenvalue weighted by atomic mass is 9.92. The molecule has 3 heterocycles. The number of aromatic amines is 1. The summed E-state index contributed by atoms with van der Waals surface area (Å²) < 4.78 is 13.4. The molecule has 1 unspecified atom stereocenters. The second-order valence-corrected chi connectivity index (χ2v) is 9.11. The van der Waals surface area contributed by atoms with Crippen LogP contribution in [0.25, 0.3) is 11.1 Å². The number of aryl methyl sites for hydroxylation is 2. The molecule has 1 aromatic carbocycles. The molecule has 1 fully saturated rings. The second-order valence-electron chi connectivity index (χ2n) is 9.11. The zero-order valence-electron chi connectivity index (χ0n) is 18.5. The van der Waals surface area contributed by atoms with Gasteiger partial charge in [0, 0.05) is 41.7 Å². The van der Waals surface area contributed by atoms with Crippen LogP contribution in [0.3, 0.4) is 0 Å². The zero-order chi connectivity index (χ0) is 22.1. The number of nitrogens with zero attached hydrogens (tertiary/aromatic N) is 3. The van der Waals surface area contributed by atoms with Gasteiger partial charge in [-0.2, -0.15) is 5.10 Å². The summed E-state index contributed by atoms with van der Waals surface area (Å²) >= 11 is 0. The average molecular weight is 433 g/mol. The highest BCUT2D eigenvalue weighted by Gasteiger charge is 2.30. The van der Waals surface area contributed by atoms with E-state index < -0.39 is 0 Å². The number of carbonyl (C=O) groups excluding carboxylic acids is 1. The third kappa shape index (κ3) is 4.18. The second kappa shape index (κ2) is 8.85. The van der Waals surface area contributed by atoms with E-state index in [0.717, 1.165) is 78.8 Å². The number of hydrogen-bond donors (Lipinski definition) is 1. The highest BCUT2D eigenvalue weighted by Crippen LogP contribution is 2.31. The third-order valence-electron chi connectivity index (χ3n) is 6.79. The fourth-order valence-electron chi connectivity index (χ4n) is 5.10. The number of carbonyl (C=O) groups is 1. The average Bonchev–Trinajstić information content (AvgIpc) is 3.06. The Balaban J connectivity index is 1.38. The SMILES string of the molecule is Cc1cc(-c2ccc(F)cc2)cc(C2CCCN(C(=O)c3n[nH]c4c3CCCCC4)C2)n1.